The molecule has 1 amide bonds. The average Bonchev–Trinajstić information content (AvgIpc) is 3.10. The maximum atomic E-state index is 14.0. The average molecular weight is 667 g/mol. The summed E-state index contributed by atoms with van der Waals surface area (Å²) in [7, 11) is 1.21. The molecule has 0 spiro atoms. The summed E-state index contributed by atoms with van der Waals surface area (Å²) in [5.41, 5.74) is 0.455. The lowest BCUT2D eigenvalue weighted by Crippen LogP contribution is -2.53. The quantitative estimate of drug-likeness (QED) is 0.135. The third-order valence-electron chi connectivity index (χ3n) is 8.22. The summed E-state index contributed by atoms with van der Waals surface area (Å²) in [5.74, 6) is -2.31. The van der Waals surface area contributed by atoms with E-state index in [0.29, 0.717) is 19.6 Å². The van der Waals surface area contributed by atoms with Crippen molar-refractivity contribution in [1.29, 1.82) is 0 Å². The van der Waals surface area contributed by atoms with Gasteiger partial charge in [0.2, 0.25) is 5.43 Å². The minimum Gasteiger partial charge on any atom is -0.482 e. The highest BCUT2D eigenvalue weighted by Crippen LogP contribution is 2.42. The van der Waals surface area contributed by atoms with Crippen LogP contribution in [0.4, 0.5) is 4.79 Å². The molecule has 5 rings (SSSR count). The molecule has 1 fully saturated rings. The third kappa shape index (κ3) is 8.09. The van der Waals surface area contributed by atoms with E-state index in [1.54, 1.807) is 20.8 Å². The Labute approximate surface area is 286 Å². The highest BCUT2D eigenvalue weighted by atomic mass is 16.6. The predicted molar refractivity (Wildman–Crippen MR) is 184 cm³/mol. The molecule has 1 unspecified atom stereocenters. The van der Waals surface area contributed by atoms with Crippen LogP contribution in [-0.4, -0.2) is 59.4 Å². The van der Waals surface area contributed by atoms with E-state index in [1.807, 2.05) is 91.0 Å². The van der Waals surface area contributed by atoms with Gasteiger partial charge in [0.1, 0.15) is 12.2 Å². The van der Waals surface area contributed by atoms with E-state index < -0.39 is 47.1 Å². The number of esters is 1. The van der Waals surface area contributed by atoms with Crippen LogP contribution in [0.3, 0.4) is 0 Å². The Balaban J connectivity index is 1.84. The molecule has 2 heterocycles. The minimum atomic E-state index is -1.03. The first-order valence-electron chi connectivity index (χ1n) is 16.3. The Kier molecular flexibility index (Phi) is 11.0. The van der Waals surface area contributed by atoms with Crippen LogP contribution in [0.2, 0.25) is 0 Å². The van der Waals surface area contributed by atoms with Gasteiger partial charge in [0.15, 0.2) is 23.5 Å². The second kappa shape index (κ2) is 15.3. The van der Waals surface area contributed by atoms with Crippen LogP contribution in [-0.2, 0) is 20.8 Å². The monoisotopic (exact) mass is 666 g/mol. The standard InChI is InChI=1S/C39H42N2O8/c1-26(42)30-24-41(33(37(44)46-5)35(34(30)43)48-25-27-16-9-6-10-17-27)32(36-40(22-15-23-47-36)38(45)49-39(2,3)4)31(28-18-11-7-12-19-28)29-20-13-8-14-21-29/h6-14,16-21,24,31-32,36H,15,22-23,25H2,1-5H3/t32-,36?/m0/s1. The van der Waals surface area contributed by atoms with Crippen LogP contribution in [0.1, 0.15) is 83.6 Å². The Morgan fingerprint density at radius 1 is 0.898 bits per heavy atom. The molecular formula is C39H42N2O8. The van der Waals surface area contributed by atoms with Crippen LogP contribution in [0.25, 0.3) is 0 Å². The zero-order chi connectivity index (χ0) is 35.1. The van der Waals surface area contributed by atoms with Gasteiger partial charge in [-0.3, -0.25) is 14.5 Å². The molecule has 1 aliphatic heterocycles. The molecule has 1 aliphatic rings. The number of ketones is 1. The highest BCUT2D eigenvalue weighted by molar-refractivity contribution is 5.96. The maximum Gasteiger partial charge on any atom is 0.412 e. The molecule has 0 bridgehead atoms. The number of hydrogen-bond acceptors (Lipinski definition) is 8. The van der Waals surface area contributed by atoms with Crippen molar-refractivity contribution in [2.45, 2.75) is 64.5 Å². The number of amides is 1. The summed E-state index contributed by atoms with van der Waals surface area (Å²) in [6.45, 7) is 7.18. The first-order valence-corrected chi connectivity index (χ1v) is 16.3. The lowest BCUT2D eigenvalue weighted by atomic mass is 9.83. The number of nitrogens with zero attached hydrogens (tertiary/aromatic N) is 2. The smallest absolute Gasteiger partial charge is 0.412 e. The molecule has 0 radical (unpaired) electrons. The Hall–Kier alpha value is -5.22. The van der Waals surface area contributed by atoms with Gasteiger partial charge in [-0.05, 0) is 50.8 Å². The van der Waals surface area contributed by atoms with Crippen molar-refractivity contribution in [3.8, 4) is 5.75 Å². The lowest BCUT2D eigenvalue weighted by Gasteiger charge is -2.44. The number of carbonyl (C=O) groups excluding carboxylic acids is 3. The predicted octanol–water partition coefficient (Wildman–Crippen LogP) is 6.77. The molecule has 1 saturated heterocycles. The highest BCUT2D eigenvalue weighted by Gasteiger charge is 2.44. The maximum absolute atomic E-state index is 14.0. The van der Waals surface area contributed by atoms with Crippen molar-refractivity contribution >= 4 is 17.8 Å². The van der Waals surface area contributed by atoms with Crippen molar-refractivity contribution in [2.75, 3.05) is 20.3 Å². The van der Waals surface area contributed by atoms with E-state index in [2.05, 4.69) is 0 Å². The van der Waals surface area contributed by atoms with Crippen molar-refractivity contribution < 1.29 is 33.3 Å². The second-order valence-corrected chi connectivity index (χ2v) is 12.9. The van der Waals surface area contributed by atoms with E-state index in [9.17, 15) is 19.2 Å². The minimum absolute atomic E-state index is 0.0587. The van der Waals surface area contributed by atoms with Gasteiger partial charge >= 0.3 is 12.1 Å². The summed E-state index contributed by atoms with van der Waals surface area (Å²) < 4.78 is 25.3. The number of pyridine rings is 1. The van der Waals surface area contributed by atoms with Crippen molar-refractivity contribution in [3.05, 3.63) is 135 Å². The molecule has 0 saturated carbocycles. The Bertz CT molecular complexity index is 1780. The number of aromatic nitrogens is 1. The van der Waals surface area contributed by atoms with Gasteiger partial charge in [-0.2, -0.15) is 0 Å². The summed E-state index contributed by atoms with van der Waals surface area (Å²) >= 11 is 0. The van der Waals surface area contributed by atoms with E-state index in [4.69, 9.17) is 18.9 Å². The fraction of sp³-hybridized carbons (Fsp3) is 0.333. The summed E-state index contributed by atoms with van der Waals surface area (Å²) in [6.07, 6.45) is 0.278. The fourth-order valence-electron chi connectivity index (χ4n) is 6.08. The number of Topliss-reactive ketones (excluding diaryl/α,β-unsaturated/α-hetero) is 1. The molecule has 4 aromatic rings. The molecule has 0 aliphatic carbocycles. The van der Waals surface area contributed by atoms with Gasteiger partial charge in [-0.15, -0.1) is 0 Å². The Morgan fingerprint density at radius 3 is 2.00 bits per heavy atom. The summed E-state index contributed by atoms with van der Waals surface area (Å²) in [5, 5.41) is 0. The van der Waals surface area contributed by atoms with Crippen LogP contribution in [0, 0.1) is 0 Å². The molecule has 10 heteroatoms. The van der Waals surface area contributed by atoms with Gasteiger partial charge in [0.25, 0.3) is 0 Å². The Morgan fingerprint density at radius 2 is 1.47 bits per heavy atom. The van der Waals surface area contributed by atoms with Crippen LogP contribution < -0.4 is 10.2 Å². The SMILES string of the molecule is COC(=O)c1c(OCc2ccccc2)c(=O)c(C(C)=O)cn1[C@@H](C(c1ccccc1)c1ccccc1)C1OCCCN1C(=O)OC(C)(C)C. The lowest BCUT2D eigenvalue weighted by molar-refractivity contribution is -0.121. The molecule has 0 N–H and O–H groups in total. The van der Waals surface area contributed by atoms with Crippen LogP contribution >= 0.6 is 0 Å². The normalized spacial score (nSPS) is 15.4. The van der Waals surface area contributed by atoms with Crippen molar-refractivity contribution in [1.82, 2.24) is 9.47 Å². The largest absolute Gasteiger partial charge is 0.482 e. The van der Waals surface area contributed by atoms with E-state index in [0.717, 1.165) is 16.7 Å². The number of benzene rings is 3. The van der Waals surface area contributed by atoms with Crippen molar-refractivity contribution in [2.24, 2.45) is 0 Å². The van der Waals surface area contributed by atoms with Crippen LogP contribution in [0.5, 0.6) is 5.75 Å². The van der Waals surface area contributed by atoms with E-state index in [-0.39, 0.29) is 23.6 Å². The second-order valence-electron chi connectivity index (χ2n) is 12.9. The van der Waals surface area contributed by atoms with Gasteiger partial charge in [0, 0.05) is 18.7 Å². The molecular weight excluding hydrogens is 624 g/mol. The van der Waals surface area contributed by atoms with Gasteiger partial charge in [0.05, 0.1) is 25.3 Å². The third-order valence-corrected chi connectivity index (χ3v) is 8.22. The molecule has 3 aromatic carbocycles. The number of carbonyl (C=O) groups is 3. The first kappa shape index (κ1) is 35.1. The number of ether oxygens (including phenoxy) is 4. The summed E-state index contributed by atoms with van der Waals surface area (Å²) in [6, 6.07) is 27.4. The number of hydrogen-bond donors (Lipinski definition) is 0. The number of methoxy groups -OCH3 is 1. The zero-order valence-corrected chi connectivity index (χ0v) is 28.5. The van der Waals surface area contributed by atoms with Gasteiger partial charge < -0.3 is 23.5 Å². The molecule has 10 nitrogen and oxygen atoms in total. The van der Waals surface area contributed by atoms with Gasteiger partial charge in [-0.25, -0.2) is 9.59 Å². The molecule has 2 atom stereocenters. The zero-order valence-electron chi connectivity index (χ0n) is 28.5. The summed E-state index contributed by atoms with van der Waals surface area (Å²) in [4.78, 5) is 56.4. The molecule has 49 heavy (non-hydrogen) atoms. The van der Waals surface area contributed by atoms with Gasteiger partial charge in [-0.1, -0.05) is 91.0 Å². The van der Waals surface area contributed by atoms with Crippen LogP contribution in [0.15, 0.2) is 102 Å². The van der Waals surface area contributed by atoms with E-state index in [1.165, 1.54) is 29.7 Å². The fourth-order valence-corrected chi connectivity index (χ4v) is 6.08. The first-order chi connectivity index (χ1) is 23.5. The number of rotatable bonds is 10. The topological polar surface area (TPSA) is 113 Å². The van der Waals surface area contributed by atoms with Crippen molar-refractivity contribution in [3.63, 3.8) is 0 Å². The molecule has 1 aromatic heterocycles. The van der Waals surface area contributed by atoms with E-state index >= 15 is 0 Å². The molecule has 256 valence electrons.